The highest BCUT2D eigenvalue weighted by molar-refractivity contribution is 7.98. The zero-order valence-electron chi connectivity index (χ0n) is 11.3. The number of rotatable bonds is 6. The minimum atomic E-state index is 0.689. The molecular formula is C13H28N2S. The van der Waals surface area contributed by atoms with E-state index in [4.69, 9.17) is 0 Å². The zero-order valence-corrected chi connectivity index (χ0v) is 12.1. The number of hydrogen-bond donors (Lipinski definition) is 1. The van der Waals surface area contributed by atoms with Gasteiger partial charge in [-0.1, -0.05) is 6.42 Å². The van der Waals surface area contributed by atoms with Gasteiger partial charge in [0.2, 0.25) is 0 Å². The molecule has 1 aliphatic heterocycles. The summed E-state index contributed by atoms with van der Waals surface area (Å²) in [4.78, 5) is 2.53. The molecule has 0 aliphatic carbocycles. The summed E-state index contributed by atoms with van der Waals surface area (Å²) in [7, 11) is 2.27. The quantitative estimate of drug-likeness (QED) is 0.773. The van der Waals surface area contributed by atoms with Crippen LogP contribution in [0.5, 0.6) is 0 Å². The highest BCUT2D eigenvalue weighted by Crippen LogP contribution is 2.16. The van der Waals surface area contributed by atoms with Crippen molar-refractivity contribution in [2.24, 2.45) is 0 Å². The van der Waals surface area contributed by atoms with Crippen LogP contribution in [0.25, 0.3) is 0 Å². The SMILES string of the molecule is CSCC(C)N(C)C(C)CC1CCCCN1. The Balaban J connectivity index is 2.29. The summed E-state index contributed by atoms with van der Waals surface area (Å²) >= 11 is 1.94. The van der Waals surface area contributed by atoms with Gasteiger partial charge >= 0.3 is 0 Å². The van der Waals surface area contributed by atoms with Gasteiger partial charge in [-0.25, -0.2) is 0 Å². The van der Waals surface area contributed by atoms with E-state index in [-0.39, 0.29) is 0 Å². The van der Waals surface area contributed by atoms with Gasteiger partial charge < -0.3 is 10.2 Å². The van der Waals surface area contributed by atoms with Gasteiger partial charge in [-0.15, -0.1) is 0 Å². The Morgan fingerprint density at radius 2 is 2.06 bits per heavy atom. The van der Waals surface area contributed by atoms with Crippen LogP contribution < -0.4 is 5.32 Å². The zero-order chi connectivity index (χ0) is 12.0. The summed E-state index contributed by atoms with van der Waals surface area (Å²) < 4.78 is 0. The van der Waals surface area contributed by atoms with E-state index in [1.54, 1.807) is 0 Å². The first-order chi connectivity index (χ1) is 7.65. The molecule has 0 bridgehead atoms. The third-order valence-electron chi connectivity index (χ3n) is 3.84. The van der Waals surface area contributed by atoms with Gasteiger partial charge in [-0.3, -0.25) is 0 Å². The van der Waals surface area contributed by atoms with Crippen LogP contribution in [0.3, 0.4) is 0 Å². The molecule has 0 spiro atoms. The lowest BCUT2D eigenvalue weighted by Crippen LogP contribution is -2.44. The summed E-state index contributed by atoms with van der Waals surface area (Å²) in [6.45, 7) is 5.93. The van der Waals surface area contributed by atoms with Gasteiger partial charge in [-0.2, -0.15) is 11.8 Å². The molecule has 0 aromatic carbocycles. The second-order valence-electron chi connectivity index (χ2n) is 5.20. The molecule has 1 fully saturated rings. The van der Waals surface area contributed by atoms with E-state index in [2.05, 4.69) is 37.4 Å². The van der Waals surface area contributed by atoms with Crippen molar-refractivity contribution in [1.82, 2.24) is 10.2 Å². The number of thioether (sulfide) groups is 1. The van der Waals surface area contributed by atoms with Crippen LogP contribution >= 0.6 is 11.8 Å². The molecule has 3 atom stereocenters. The average molecular weight is 244 g/mol. The lowest BCUT2D eigenvalue weighted by Gasteiger charge is -2.34. The molecule has 3 heteroatoms. The molecule has 3 unspecified atom stereocenters. The fourth-order valence-electron chi connectivity index (χ4n) is 2.50. The Bertz CT molecular complexity index is 181. The first-order valence-corrected chi connectivity index (χ1v) is 7.98. The average Bonchev–Trinajstić information content (AvgIpc) is 2.29. The molecule has 1 N–H and O–H groups in total. The smallest absolute Gasteiger partial charge is 0.0157 e. The second kappa shape index (κ2) is 7.57. The fraction of sp³-hybridized carbons (Fsp3) is 1.00. The highest BCUT2D eigenvalue weighted by Gasteiger charge is 2.20. The minimum Gasteiger partial charge on any atom is -0.314 e. The first-order valence-electron chi connectivity index (χ1n) is 6.59. The van der Waals surface area contributed by atoms with Crippen molar-refractivity contribution in [3.63, 3.8) is 0 Å². The van der Waals surface area contributed by atoms with Gasteiger partial charge in [-0.05, 0) is 53.0 Å². The second-order valence-corrected chi connectivity index (χ2v) is 6.11. The minimum absolute atomic E-state index is 0.689. The Hall–Kier alpha value is 0.270. The van der Waals surface area contributed by atoms with Gasteiger partial charge in [0.05, 0.1) is 0 Å². The van der Waals surface area contributed by atoms with Gasteiger partial charge in [0, 0.05) is 23.9 Å². The maximum Gasteiger partial charge on any atom is 0.0157 e. The molecule has 0 amide bonds. The molecular weight excluding hydrogens is 216 g/mol. The van der Waals surface area contributed by atoms with Crippen molar-refractivity contribution in [3.05, 3.63) is 0 Å². The van der Waals surface area contributed by atoms with Crippen LogP contribution in [0.4, 0.5) is 0 Å². The highest BCUT2D eigenvalue weighted by atomic mass is 32.2. The van der Waals surface area contributed by atoms with E-state index in [0.29, 0.717) is 12.1 Å². The summed E-state index contributed by atoms with van der Waals surface area (Å²) in [5, 5.41) is 3.64. The number of hydrogen-bond acceptors (Lipinski definition) is 3. The van der Waals surface area contributed by atoms with Crippen molar-refractivity contribution in [2.75, 3.05) is 25.6 Å². The Labute approximate surface area is 106 Å². The van der Waals surface area contributed by atoms with Crippen molar-refractivity contribution >= 4 is 11.8 Å². The third kappa shape index (κ3) is 4.64. The van der Waals surface area contributed by atoms with E-state index in [1.165, 1.54) is 38.0 Å². The normalized spacial score (nSPS) is 25.7. The molecule has 96 valence electrons. The predicted molar refractivity (Wildman–Crippen MR) is 75.3 cm³/mol. The molecule has 0 radical (unpaired) electrons. The van der Waals surface area contributed by atoms with Gasteiger partial charge in [0.15, 0.2) is 0 Å². The van der Waals surface area contributed by atoms with E-state index in [9.17, 15) is 0 Å². The maximum absolute atomic E-state index is 3.64. The molecule has 2 nitrogen and oxygen atoms in total. The van der Waals surface area contributed by atoms with Crippen LogP contribution in [0.15, 0.2) is 0 Å². The number of nitrogens with one attached hydrogen (secondary N) is 1. The van der Waals surface area contributed by atoms with Gasteiger partial charge in [0.1, 0.15) is 0 Å². The standard InChI is InChI=1S/C13H28N2S/c1-11(15(3)12(2)10-16-4)9-13-7-5-6-8-14-13/h11-14H,5-10H2,1-4H3. The summed E-state index contributed by atoms with van der Waals surface area (Å²) in [6, 6.07) is 2.14. The molecule has 0 saturated carbocycles. The van der Waals surface area contributed by atoms with E-state index in [0.717, 1.165) is 6.04 Å². The van der Waals surface area contributed by atoms with Crippen LogP contribution in [-0.2, 0) is 0 Å². The van der Waals surface area contributed by atoms with E-state index < -0.39 is 0 Å². The summed E-state index contributed by atoms with van der Waals surface area (Å²) in [5.74, 6) is 1.24. The van der Waals surface area contributed by atoms with Crippen molar-refractivity contribution in [1.29, 1.82) is 0 Å². The maximum atomic E-state index is 3.64. The van der Waals surface area contributed by atoms with Crippen molar-refractivity contribution in [3.8, 4) is 0 Å². The molecule has 16 heavy (non-hydrogen) atoms. The predicted octanol–water partition coefficient (Wildman–Crippen LogP) is 2.59. The van der Waals surface area contributed by atoms with Crippen molar-refractivity contribution in [2.45, 2.75) is 57.7 Å². The van der Waals surface area contributed by atoms with Crippen LogP contribution in [0.2, 0.25) is 0 Å². The third-order valence-corrected chi connectivity index (χ3v) is 4.65. The molecule has 1 aliphatic rings. The van der Waals surface area contributed by atoms with Crippen LogP contribution in [-0.4, -0.2) is 48.6 Å². The lowest BCUT2D eigenvalue weighted by atomic mass is 9.98. The number of piperidine rings is 1. The molecule has 0 aromatic heterocycles. The number of nitrogens with zero attached hydrogens (tertiary/aromatic N) is 1. The largest absolute Gasteiger partial charge is 0.314 e. The van der Waals surface area contributed by atoms with Gasteiger partial charge in [0.25, 0.3) is 0 Å². The van der Waals surface area contributed by atoms with E-state index >= 15 is 0 Å². The monoisotopic (exact) mass is 244 g/mol. The summed E-state index contributed by atoms with van der Waals surface area (Å²) in [6.07, 6.45) is 7.64. The van der Waals surface area contributed by atoms with Crippen LogP contribution in [0, 0.1) is 0 Å². The topological polar surface area (TPSA) is 15.3 Å². The van der Waals surface area contributed by atoms with E-state index in [1.807, 2.05) is 11.8 Å². The Kier molecular flexibility index (Phi) is 6.78. The van der Waals surface area contributed by atoms with Crippen molar-refractivity contribution < 1.29 is 0 Å². The lowest BCUT2D eigenvalue weighted by molar-refractivity contribution is 0.181. The molecule has 0 aromatic rings. The first kappa shape index (κ1) is 14.3. The van der Waals surface area contributed by atoms with Crippen LogP contribution in [0.1, 0.15) is 39.5 Å². The summed E-state index contributed by atoms with van der Waals surface area (Å²) in [5.41, 5.74) is 0. The Morgan fingerprint density at radius 1 is 1.31 bits per heavy atom. The molecule has 1 rings (SSSR count). The fourth-order valence-corrected chi connectivity index (χ4v) is 3.21. The molecule has 1 heterocycles. The molecule has 1 saturated heterocycles. The Morgan fingerprint density at radius 3 is 2.62 bits per heavy atom.